The second-order valence-corrected chi connectivity index (χ2v) is 6.73. The number of rotatable bonds is 1. The third-order valence-corrected chi connectivity index (χ3v) is 5.73. The Morgan fingerprint density at radius 2 is 1.91 bits per heavy atom. The van der Waals surface area contributed by atoms with Crippen LogP contribution in [0.1, 0.15) is 17.9 Å². The molecule has 1 aliphatic carbocycles. The van der Waals surface area contributed by atoms with Gasteiger partial charge in [0.05, 0.1) is 11.8 Å². The molecule has 0 N–H and O–H groups in total. The fourth-order valence-corrected chi connectivity index (χ4v) is 4.58. The summed E-state index contributed by atoms with van der Waals surface area (Å²) in [5, 5.41) is 0.531. The Bertz CT molecular complexity index is 785. The lowest BCUT2D eigenvalue weighted by Gasteiger charge is -2.35. The van der Waals surface area contributed by atoms with E-state index < -0.39 is 17.4 Å². The number of carbonyl (C=O) groups is 2. The van der Waals surface area contributed by atoms with E-state index in [9.17, 15) is 9.59 Å². The largest absolute Gasteiger partial charge is 0.330 e. The third kappa shape index (κ3) is 1.62. The molecule has 2 fully saturated rings. The van der Waals surface area contributed by atoms with E-state index in [2.05, 4.69) is 0 Å². The van der Waals surface area contributed by atoms with Gasteiger partial charge in [0.1, 0.15) is 5.54 Å². The van der Waals surface area contributed by atoms with Crippen molar-refractivity contribution in [2.24, 2.45) is 5.92 Å². The van der Waals surface area contributed by atoms with Gasteiger partial charge in [-0.2, -0.15) is 0 Å². The first kappa shape index (κ1) is 14.5. The van der Waals surface area contributed by atoms with Crippen molar-refractivity contribution >= 4 is 23.4 Å². The van der Waals surface area contributed by atoms with Gasteiger partial charge in [-0.1, -0.05) is 48.0 Å². The predicted molar refractivity (Wildman–Crippen MR) is 87.8 cm³/mol. The Labute approximate surface area is 140 Å². The maximum absolute atomic E-state index is 13.0. The van der Waals surface area contributed by atoms with Crippen molar-refractivity contribution in [3.63, 3.8) is 0 Å². The van der Waals surface area contributed by atoms with Gasteiger partial charge in [-0.15, -0.1) is 0 Å². The first-order chi connectivity index (χ1) is 11.0. The molecule has 4 rings (SSSR count). The number of carbonyl (C=O) groups excluding carboxylic acids is 2. The lowest BCUT2D eigenvalue weighted by atomic mass is 9.76. The van der Waals surface area contributed by atoms with Crippen molar-refractivity contribution in [2.45, 2.75) is 17.9 Å². The molecule has 5 heteroatoms. The van der Waals surface area contributed by atoms with Crippen molar-refractivity contribution in [3.05, 3.63) is 58.8 Å². The van der Waals surface area contributed by atoms with Crippen LogP contribution in [0, 0.1) is 5.92 Å². The highest BCUT2D eigenvalue weighted by atomic mass is 35.5. The van der Waals surface area contributed by atoms with Crippen LogP contribution in [0.5, 0.6) is 0 Å². The monoisotopic (exact) mass is 328 g/mol. The van der Waals surface area contributed by atoms with Crippen molar-refractivity contribution < 1.29 is 9.59 Å². The molecule has 0 bridgehead atoms. The number of amides is 2. The highest BCUT2D eigenvalue weighted by Crippen LogP contribution is 2.56. The molecule has 0 aromatic heterocycles. The summed E-state index contributed by atoms with van der Waals surface area (Å²) in [5.41, 5.74) is 0.959. The Morgan fingerprint density at radius 1 is 1.17 bits per heavy atom. The molecule has 4 nitrogen and oxygen atoms in total. The first-order valence-corrected chi connectivity index (χ1v) is 8.06. The van der Waals surface area contributed by atoms with Crippen LogP contribution in [-0.2, 0) is 9.59 Å². The maximum Gasteiger partial charge on any atom is 0.233 e. The fraction of sp³-hybridized carbons (Fsp3) is 0.333. The Kier molecular flexibility index (Phi) is 2.97. The lowest BCUT2D eigenvalue weighted by Crippen LogP contribution is -2.46. The number of benzene rings is 1. The van der Waals surface area contributed by atoms with Gasteiger partial charge >= 0.3 is 0 Å². The van der Waals surface area contributed by atoms with Gasteiger partial charge in [-0.05, 0) is 18.1 Å². The standard InChI is InChI=1S/C18H17ClN2O2/c1-20-13-9-5-6-10-18(13)15(17(20)23)14(16(22)21(18)2)11-7-3-4-8-12(11)19/h3-4,6-10,14-15H,5H2,1-2H3. The molecule has 1 spiro atoms. The zero-order valence-corrected chi connectivity index (χ0v) is 13.7. The average molecular weight is 329 g/mol. The topological polar surface area (TPSA) is 40.6 Å². The number of hydrogen-bond donors (Lipinski definition) is 0. The van der Waals surface area contributed by atoms with Crippen molar-refractivity contribution in [2.75, 3.05) is 14.1 Å². The summed E-state index contributed by atoms with van der Waals surface area (Å²) in [6, 6.07) is 7.31. The molecule has 3 unspecified atom stereocenters. The van der Waals surface area contributed by atoms with Crippen LogP contribution in [0.3, 0.4) is 0 Å². The molecular weight excluding hydrogens is 312 g/mol. The summed E-state index contributed by atoms with van der Waals surface area (Å²) in [6.07, 6.45) is 6.86. The second kappa shape index (κ2) is 4.71. The van der Waals surface area contributed by atoms with Gasteiger partial charge in [-0.25, -0.2) is 0 Å². The molecule has 118 valence electrons. The third-order valence-electron chi connectivity index (χ3n) is 5.39. The molecule has 23 heavy (non-hydrogen) atoms. The van der Waals surface area contributed by atoms with Gasteiger partial charge in [0.2, 0.25) is 11.8 Å². The first-order valence-electron chi connectivity index (χ1n) is 7.68. The van der Waals surface area contributed by atoms with Gasteiger partial charge < -0.3 is 9.80 Å². The second-order valence-electron chi connectivity index (χ2n) is 6.32. The molecule has 3 aliphatic rings. The lowest BCUT2D eigenvalue weighted by molar-refractivity contribution is -0.133. The van der Waals surface area contributed by atoms with E-state index in [0.717, 1.165) is 17.7 Å². The van der Waals surface area contributed by atoms with Gasteiger partial charge in [0.25, 0.3) is 0 Å². The number of nitrogens with zero attached hydrogens (tertiary/aromatic N) is 2. The normalized spacial score (nSPS) is 32.2. The average Bonchev–Trinajstić information content (AvgIpc) is 2.90. The summed E-state index contributed by atoms with van der Waals surface area (Å²) in [5.74, 6) is -1.09. The summed E-state index contributed by atoms with van der Waals surface area (Å²) in [6.45, 7) is 0. The summed E-state index contributed by atoms with van der Waals surface area (Å²) < 4.78 is 0. The molecule has 2 amide bonds. The van der Waals surface area contributed by atoms with Crippen LogP contribution >= 0.6 is 11.6 Å². The zero-order valence-electron chi connectivity index (χ0n) is 13.0. The van der Waals surface area contributed by atoms with Crippen molar-refractivity contribution in [1.82, 2.24) is 9.80 Å². The summed E-state index contributed by atoms with van der Waals surface area (Å²) >= 11 is 6.34. The minimum atomic E-state index is -0.676. The highest BCUT2D eigenvalue weighted by molar-refractivity contribution is 6.31. The molecule has 2 saturated heterocycles. The number of hydrogen-bond acceptors (Lipinski definition) is 2. The van der Waals surface area contributed by atoms with Gasteiger partial charge in [0.15, 0.2) is 0 Å². The molecule has 1 aromatic rings. The molecule has 2 heterocycles. The van der Waals surface area contributed by atoms with Crippen molar-refractivity contribution in [3.8, 4) is 0 Å². The van der Waals surface area contributed by atoms with E-state index >= 15 is 0 Å². The van der Waals surface area contributed by atoms with E-state index in [1.54, 1.807) is 30.0 Å². The SMILES string of the molecule is CN1C(=O)C2C(c3ccccc3Cl)C(=O)N(C)C23C=CCC=C13. The number of allylic oxidation sites excluding steroid dienone is 2. The van der Waals surface area contributed by atoms with Crippen LogP contribution in [0.2, 0.25) is 5.02 Å². The minimum Gasteiger partial charge on any atom is -0.330 e. The van der Waals surface area contributed by atoms with Gasteiger partial charge in [-0.3, -0.25) is 9.59 Å². The van der Waals surface area contributed by atoms with E-state index in [1.807, 2.05) is 36.4 Å². The molecule has 1 aromatic carbocycles. The molecular formula is C18H17ClN2O2. The van der Waals surface area contributed by atoms with Gasteiger partial charge in [0, 0.05) is 24.8 Å². The van der Waals surface area contributed by atoms with E-state index in [1.165, 1.54) is 0 Å². The molecule has 0 radical (unpaired) electrons. The van der Waals surface area contributed by atoms with Crippen LogP contribution in [0.4, 0.5) is 0 Å². The minimum absolute atomic E-state index is 0.0228. The molecule has 2 aliphatic heterocycles. The van der Waals surface area contributed by atoms with Crippen molar-refractivity contribution in [1.29, 1.82) is 0 Å². The number of likely N-dealkylation sites (tertiary alicyclic amines) is 2. The van der Waals surface area contributed by atoms with E-state index in [-0.39, 0.29) is 11.8 Å². The number of likely N-dealkylation sites (N-methyl/N-ethyl adjacent to an activating group) is 2. The zero-order chi connectivity index (χ0) is 16.4. The van der Waals surface area contributed by atoms with Crippen LogP contribution in [-0.4, -0.2) is 41.2 Å². The smallest absolute Gasteiger partial charge is 0.233 e. The highest BCUT2D eigenvalue weighted by Gasteiger charge is 2.67. The Balaban J connectivity index is 1.95. The fourth-order valence-electron chi connectivity index (χ4n) is 4.32. The molecule has 3 atom stereocenters. The quantitative estimate of drug-likeness (QED) is 0.743. The van der Waals surface area contributed by atoms with E-state index in [4.69, 9.17) is 11.6 Å². The Hall–Kier alpha value is -2.07. The van der Waals surface area contributed by atoms with Crippen LogP contribution in [0.15, 0.2) is 48.2 Å². The maximum atomic E-state index is 13.0. The van der Waals surface area contributed by atoms with Crippen LogP contribution in [0.25, 0.3) is 0 Å². The number of halogens is 1. The predicted octanol–water partition coefficient (Wildman–Crippen LogP) is 2.57. The summed E-state index contributed by atoms with van der Waals surface area (Å²) in [7, 11) is 3.57. The van der Waals surface area contributed by atoms with E-state index in [0.29, 0.717) is 5.02 Å². The molecule has 0 saturated carbocycles. The van der Waals surface area contributed by atoms with Crippen LogP contribution < -0.4 is 0 Å². The Morgan fingerprint density at radius 3 is 2.65 bits per heavy atom. The summed E-state index contributed by atoms with van der Waals surface area (Å²) in [4.78, 5) is 29.4.